The molecule has 0 bridgehead atoms. The molecule has 5 heteroatoms. The van der Waals surface area contributed by atoms with Crippen LogP contribution in [0.2, 0.25) is 0 Å². The molecule has 0 atom stereocenters. The van der Waals surface area contributed by atoms with E-state index >= 15 is 0 Å². The number of morpholine rings is 1. The predicted molar refractivity (Wildman–Crippen MR) is 85.6 cm³/mol. The van der Waals surface area contributed by atoms with Crippen LogP contribution in [0.5, 0.6) is 5.75 Å². The Hall–Kier alpha value is -2.01. The summed E-state index contributed by atoms with van der Waals surface area (Å²) < 4.78 is 12.9. The van der Waals surface area contributed by atoms with E-state index in [0.29, 0.717) is 26.3 Å². The van der Waals surface area contributed by atoms with Crippen LogP contribution in [0.4, 0.5) is 0 Å². The van der Waals surface area contributed by atoms with Crippen LogP contribution >= 0.6 is 0 Å². The zero-order valence-corrected chi connectivity index (χ0v) is 13.4. The second-order valence-electron chi connectivity index (χ2n) is 5.49. The minimum Gasteiger partial charge on any atom is -0.497 e. The molecule has 0 aliphatic carbocycles. The monoisotopic (exact) mass is 302 g/mol. The Bertz CT molecular complexity index is 699. The third-order valence-corrected chi connectivity index (χ3v) is 4.36. The molecule has 0 saturated carbocycles. The summed E-state index contributed by atoms with van der Waals surface area (Å²) in [5.41, 5.74) is 2.89. The van der Waals surface area contributed by atoms with E-state index in [-0.39, 0.29) is 5.91 Å². The summed E-state index contributed by atoms with van der Waals surface area (Å²) in [5, 5.41) is 0.968. The number of amides is 1. The number of fused-ring (bicyclic) bond motifs is 1. The van der Waals surface area contributed by atoms with E-state index in [1.54, 1.807) is 7.11 Å². The number of nitrogens with zero attached hydrogens (tertiary/aromatic N) is 2. The molecule has 1 amide bonds. The van der Waals surface area contributed by atoms with Crippen molar-refractivity contribution in [3.8, 4) is 5.75 Å². The number of aromatic nitrogens is 1. The second-order valence-corrected chi connectivity index (χ2v) is 5.49. The maximum absolute atomic E-state index is 13.0. The normalized spacial score (nSPS) is 15.3. The van der Waals surface area contributed by atoms with Crippen molar-refractivity contribution < 1.29 is 14.3 Å². The van der Waals surface area contributed by atoms with Crippen LogP contribution in [0.3, 0.4) is 0 Å². The van der Waals surface area contributed by atoms with Crippen molar-refractivity contribution in [1.82, 2.24) is 9.47 Å². The fourth-order valence-corrected chi connectivity index (χ4v) is 3.19. The standard InChI is InChI=1S/C17H22N2O3/c1-4-19-12(2)16(17(20)18-7-9-22-10-8-18)14-11-13(21-3)5-6-15(14)19/h5-6,11H,4,7-10H2,1-3H3. The first kappa shape index (κ1) is 14.9. The van der Waals surface area contributed by atoms with Gasteiger partial charge in [0.1, 0.15) is 5.75 Å². The molecule has 1 aromatic heterocycles. The van der Waals surface area contributed by atoms with Crippen LogP contribution in [0.25, 0.3) is 10.9 Å². The van der Waals surface area contributed by atoms with Gasteiger partial charge < -0.3 is 18.9 Å². The third-order valence-electron chi connectivity index (χ3n) is 4.36. The topological polar surface area (TPSA) is 43.7 Å². The molecular weight excluding hydrogens is 280 g/mol. The number of carbonyl (C=O) groups is 1. The van der Waals surface area contributed by atoms with Gasteiger partial charge in [-0.25, -0.2) is 0 Å². The molecule has 0 N–H and O–H groups in total. The molecule has 2 aromatic rings. The first-order chi connectivity index (χ1) is 10.7. The van der Waals surface area contributed by atoms with Crippen LogP contribution in [-0.4, -0.2) is 48.8 Å². The molecule has 118 valence electrons. The maximum Gasteiger partial charge on any atom is 0.256 e. The maximum atomic E-state index is 13.0. The van der Waals surface area contributed by atoms with Gasteiger partial charge in [-0.1, -0.05) is 0 Å². The van der Waals surface area contributed by atoms with Crippen LogP contribution in [0.15, 0.2) is 18.2 Å². The van der Waals surface area contributed by atoms with Gasteiger partial charge in [-0.3, -0.25) is 4.79 Å². The van der Waals surface area contributed by atoms with Gasteiger partial charge in [-0.2, -0.15) is 0 Å². The molecule has 0 unspecified atom stereocenters. The molecule has 1 aliphatic heterocycles. The summed E-state index contributed by atoms with van der Waals surface area (Å²) in [7, 11) is 1.65. The molecule has 3 rings (SSSR count). The van der Waals surface area contributed by atoms with Gasteiger partial charge >= 0.3 is 0 Å². The highest BCUT2D eigenvalue weighted by Crippen LogP contribution is 2.30. The van der Waals surface area contributed by atoms with E-state index in [4.69, 9.17) is 9.47 Å². The SMILES string of the molecule is CCn1c(C)c(C(=O)N2CCOCC2)c2cc(OC)ccc21. The first-order valence-corrected chi connectivity index (χ1v) is 7.71. The van der Waals surface area contributed by atoms with Crippen molar-refractivity contribution in [1.29, 1.82) is 0 Å². The zero-order chi connectivity index (χ0) is 15.7. The average molecular weight is 302 g/mol. The zero-order valence-electron chi connectivity index (χ0n) is 13.4. The van der Waals surface area contributed by atoms with E-state index in [2.05, 4.69) is 11.5 Å². The average Bonchev–Trinajstić information content (AvgIpc) is 2.85. The molecule has 1 aromatic carbocycles. The van der Waals surface area contributed by atoms with Crippen molar-refractivity contribution >= 4 is 16.8 Å². The lowest BCUT2D eigenvalue weighted by Gasteiger charge is -2.27. The van der Waals surface area contributed by atoms with Crippen molar-refractivity contribution in [2.75, 3.05) is 33.4 Å². The highest BCUT2D eigenvalue weighted by Gasteiger charge is 2.25. The number of ether oxygens (including phenoxy) is 2. The lowest BCUT2D eigenvalue weighted by Crippen LogP contribution is -2.40. The van der Waals surface area contributed by atoms with Gasteiger partial charge in [0.2, 0.25) is 0 Å². The summed E-state index contributed by atoms with van der Waals surface area (Å²) in [6.07, 6.45) is 0. The Kier molecular flexibility index (Phi) is 4.07. The summed E-state index contributed by atoms with van der Waals surface area (Å²) in [4.78, 5) is 14.9. The van der Waals surface area contributed by atoms with E-state index < -0.39 is 0 Å². The second kappa shape index (κ2) is 6.01. The van der Waals surface area contributed by atoms with E-state index in [0.717, 1.165) is 34.5 Å². The molecule has 22 heavy (non-hydrogen) atoms. The summed E-state index contributed by atoms with van der Waals surface area (Å²) in [6, 6.07) is 5.93. The highest BCUT2D eigenvalue weighted by atomic mass is 16.5. The van der Waals surface area contributed by atoms with Crippen molar-refractivity contribution in [2.45, 2.75) is 20.4 Å². The summed E-state index contributed by atoms with van der Waals surface area (Å²) >= 11 is 0. The molecular formula is C17H22N2O3. The lowest BCUT2D eigenvalue weighted by atomic mass is 10.1. The minimum atomic E-state index is 0.0891. The minimum absolute atomic E-state index is 0.0891. The Labute approximate surface area is 130 Å². The van der Waals surface area contributed by atoms with Crippen LogP contribution in [0.1, 0.15) is 23.0 Å². The van der Waals surface area contributed by atoms with Gasteiger partial charge in [0.25, 0.3) is 5.91 Å². The van der Waals surface area contributed by atoms with Gasteiger partial charge in [-0.05, 0) is 32.0 Å². The Balaban J connectivity index is 2.14. The summed E-state index contributed by atoms with van der Waals surface area (Å²) in [6.45, 7) is 7.48. The van der Waals surface area contributed by atoms with Crippen molar-refractivity contribution in [3.05, 3.63) is 29.5 Å². The van der Waals surface area contributed by atoms with Gasteiger partial charge in [0.05, 0.1) is 25.9 Å². The summed E-state index contributed by atoms with van der Waals surface area (Å²) in [5.74, 6) is 0.864. The highest BCUT2D eigenvalue weighted by molar-refractivity contribution is 6.08. The number of aryl methyl sites for hydroxylation is 1. The smallest absolute Gasteiger partial charge is 0.256 e. The van der Waals surface area contributed by atoms with Gasteiger partial charge in [0, 0.05) is 36.2 Å². The third kappa shape index (κ3) is 2.35. The van der Waals surface area contributed by atoms with Crippen molar-refractivity contribution in [3.63, 3.8) is 0 Å². The first-order valence-electron chi connectivity index (χ1n) is 7.71. The van der Waals surface area contributed by atoms with Gasteiger partial charge in [-0.15, -0.1) is 0 Å². The number of hydrogen-bond acceptors (Lipinski definition) is 3. The number of rotatable bonds is 3. The number of benzene rings is 1. The molecule has 1 aliphatic rings. The van der Waals surface area contributed by atoms with Gasteiger partial charge in [0.15, 0.2) is 0 Å². The van der Waals surface area contributed by atoms with Crippen LogP contribution in [0, 0.1) is 6.92 Å². The number of methoxy groups -OCH3 is 1. The van der Waals surface area contributed by atoms with Crippen molar-refractivity contribution in [2.24, 2.45) is 0 Å². The molecule has 0 spiro atoms. The van der Waals surface area contributed by atoms with E-state index in [1.165, 1.54) is 0 Å². The lowest BCUT2D eigenvalue weighted by molar-refractivity contribution is 0.0303. The Morgan fingerprint density at radius 1 is 1.32 bits per heavy atom. The van der Waals surface area contributed by atoms with E-state index in [1.807, 2.05) is 30.0 Å². The van der Waals surface area contributed by atoms with E-state index in [9.17, 15) is 4.79 Å². The largest absolute Gasteiger partial charge is 0.497 e. The predicted octanol–water partition coefficient (Wildman–Crippen LogP) is 2.45. The molecule has 0 radical (unpaired) electrons. The molecule has 5 nitrogen and oxygen atoms in total. The number of carbonyl (C=O) groups excluding carboxylic acids is 1. The molecule has 1 saturated heterocycles. The fourth-order valence-electron chi connectivity index (χ4n) is 3.19. The fraction of sp³-hybridized carbons (Fsp3) is 0.471. The van der Waals surface area contributed by atoms with Crippen LogP contribution in [-0.2, 0) is 11.3 Å². The molecule has 2 heterocycles. The Morgan fingerprint density at radius 3 is 2.68 bits per heavy atom. The quantitative estimate of drug-likeness (QED) is 0.875. The Morgan fingerprint density at radius 2 is 2.05 bits per heavy atom. The molecule has 1 fully saturated rings. The number of hydrogen-bond donors (Lipinski definition) is 0. The van der Waals surface area contributed by atoms with Crippen LogP contribution < -0.4 is 4.74 Å².